The molecule has 1 heterocycles. The average Bonchev–Trinajstić information content (AvgIpc) is 2.99. The molecule has 0 bridgehead atoms. The summed E-state index contributed by atoms with van der Waals surface area (Å²) in [4.78, 5) is 0. The van der Waals surface area contributed by atoms with Crippen LogP contribution in [0.25, 0.3) is 0 Å². The fraction of sp³-hybridized carbons (Fsp3) is 0.357. The summed E-state index contributed by atoms with van der Waals surface area (Å²) < 4.78 is 28.8. The lowest BCUT2D eigenvalue weighted by Crippen LogP contribution is -2.05. The van der Waals surface area contributed by atoms with Gasteiger partial charge in [0, 0.05) is 24.7 Å². The highest BCUT2D eigenvalue weighted by molar-refractivity contribution is 5.23. The molecule has 2 nitrogen and oxygen atoms in total. The molecule has 1 fully saturated rings. The van der Waals surface area contributed by atoms with Crippen LogP contribution in [-0.4, -0.2) is 16.0 Å². The number of hydrogen-bond acceptors (Lipinski definition) is 1. The monoisotopic (exact) mass is 248 g/mol. The summed E-state index contributed by atoms with van der Waals surface area (Å²) in [5, 5.41) is 4.16. The second-order valence-corrected chi connectivity index (χ2v) is 4.79. The maximum Gasteiger partial charge on any atom is 0.123 e. The van der Waals surface area contributed by atoms with E-state index in [0.29, 0.717) is 12.8 Å². The zero-order valence-corrected chi connectivity index (χ0v) is 9.84. The van der Waals surface area contributed by atoms with Crippen LogP contribution in [0.1, 0.15) is 30.4 Å². The van der Waals surface area contributed by atoms with Gasteiger partial charge in [-0.25, -0.2) is 8.78 Å². The number of hydrogen-bond donors (Lipinski definition) is 0. The Hall–Kier alpha value is -1.71. The van der Waals surface area contributed by atoms with Gasteiger partial charge in [-0.3, -0.25) is 4.68 Å². The molecule has 0 radical (unpaired) electrons. The third-order valence-electron chi connectivity index (χ3n) is 3.66. The lowest BCUT2D eigenvalue weighted by molar-refractivity contribution is 0.304. The number of aromatic nitrogens is 2. The van der Waals surface area contributed by atoms with E-state index in [1.807, 2.05) is 16.9 Å². The Morgan fingerprint density at radius 2 is 1.94 bits per heavy atom. The summed E-state index contributed by atoms with van der Waals surface area (Å²) in [6, 6.07) is 8.09. The van der Waals surface area contributed by atoms with Gasteiger partial charge in [0.2, 0.25) is 0 Å². The summed E-state index contributed by atoms with van der Waals surface area (Å²) in [5.41, 5.74) is 0.874. The smallest absolute Gasteiger partial charge is 0.123 e. The van der Waals surface area contributed by atoms with E-state index in [0.717, 1.165) is 5.56 Å². The zero-order chi connectivity index (χ0) is 12.5. The van der Waals surface area contributed by atoms with Gasteiger partial charge in [-0.2, -0.15) is 5.10 Å². The molecular formula is C14H14F2N2. The van der Waals surface area contributed by atoms with Crippen molar-refractivity contribution in [2.75, 3.05) is 0 Å². The Labute approximate surface area is 104 Å². The molecular weight excluding hydrogens is 234 g/mol. The zero-order valence-electron chi connectivity index (χ0n) is 9.84. The van der Waals surface area contributed by atoms with E-state index >= 15 is 0 Å². The Bertz CT molecular complexity index is 507. The first kappa shape index (κ1) is 11.4. The van der Waals surface area contributed by atoms with Crippen molar-refractivity contribution >= 4 is 0 Å². The fourth-order valence-electron chi connectivity index (χ4n) is 2.73. The van der Waals surface area contributed by atoms with Crippen molar-refractivity contribution in [3.05, 3.63) is 54.1 Å². The number of benzene rings is 1. The number of nitrogens with zero attached hydrogens (tertiary/aromatic N) is 2. The molecule has 0 N–H and O–H groups in total. The number of rotatable bonds is 2. The van der Waals surface area contributed by atoms with E-state index in [1.165, 1.54) is 12.1 Å². The summed E-state index contributed by atoms with van der Waals surface area (Å²) in [5.74, 6) is -0.435. The Balaban J connectivity index is 1.80. The largest absolute Gasteiger partial charge is 0.270 e. The van der Waals surface area contributed by atoms with Gasteiger partial charge in [0.15, 0.2) is 0 Å². The van der Waals surface area contributed by atoms with Crippen LogP contribution in [-0.2, 0) is 0 Å². The van der Waals surface area contributed by atoms with Crippen molar-refractivity contribution in [2.24, 2.45) is 0 Å². The highest BCUT2D eigenvalue weighted by Crippen LogP contribution is 2.42. The highest BCUT2D eigenvalue weighted by Gasteiger charge is 2.36. The van der Waals surface area contributed by atoms with Gasteiger partial charge in [0.25, 0.3) is 0 Å². The molecule has 3 rings (SSSR count). The van der Waals surface area contributed by atoms with Crippen molar-refractivity contribution in [1.82, 2.24) is 9.78 Å². The van der Waals surface area contributed by atoms with Crippen molar-refractivity contribution in [3.8, 4) is 0 Å². The molecule has 2 aromatic rings. The molecule has 3 unspecified atom stereocenters. The van der Waals surface area contributed by atoms with E-state index in [1.54, 1.807) is 18.3 Å². The molecule has 0 aliphatic heterocycles. The Morgan fingerprint density at radius 1 is 1.17 bits per heavy atom. The fourth-order valence-corrected chi connectivity index (χ4v) is 2.73. The molecule has 94 valence electrons. The van der Waals surface area contributed by atoms with E-state index < -0.39 is 6.17 Å². The molecule has 4 heteroatoms. The Kier molecular flexibility index (Phi) is 2.86. The molecule has 1 aromatic carbocycles. The standard InChI is InChI=1S/C14H14F2N2/c15-11-4-2-10(3-5-11)13-8-12(9-14(13)16)18-7-1-6-17-18/h1-7,12-14H,8-9H2. The van der Waals surface area contributed by atoms with Crippen molar-refractivity contribution in [1.29, 1.82) is 0 Å². The molecule has 0 amide bonds. The predicted octanol–water partition coefficient (Wildman–Crippen LogP) is 3.48. The van der Waals surface area contributed by atoms with Gasteiger partial charge in [0.05, 0.1) is 6.04 Å². The molecule has 0 spiro atoms. The number of halogens is 2. The van der Waals surface area contributed by atoms with Crippen LogP contribution in [0.3, 0.4) is 0 Å². The maximum absolute atomic E-state index is 14.1. The van der Waals surface area contributed by atoms with Gasteiger partial charge in [-0.1, -0.05) is 12.1 Å². The van der Waals surface area contributed by atoms with Crippen LogP contribution in [0.5, 0.6) is 0 Å². The van der Waals surface area contributed by atoms with Crippen LogP contribution in [0.15, 0.2) is 42.7 Å². The molecule has 1 aliphatic carbocycles. The third kappa shape index (κ3) is 2.03. The molecule has 18 heavy (non-hydrogen) atoms. The summed E-state index contributed by atoms with van der Waals surface area (Å²) in [6.07, 6.45) is 3.88. The minimum Gasteiger partial charge on any atom is -0.270 e. The van der Waals surface area contributed by atoms with Crippen LogP contribution in [0.2, 0.25) is 0 Å². The second kappa shape index (κ2) is 4.52. The lowest BCUT2D eigenvalue weighted by atomic mass is 9.96. The van der Waals surface area contributed by atoms with Crippen molar-refractivity contribution < 1.29 is 8.78 Å². The maximum atomic E-state index is 14.1. The quantitative estimate of drug-likeness (QED) is 0.795. The summed E-state index contributed by atoms with van der Waals surface area (Å²) >= 11 is 0. The first-order chi connectivity index (χ1) is 8.74. The van der Waals surface area contributed by atoms with Crippen LogP contribution < -0.4 is 0 Å². The first-order valence-electron chi connectivity index (χ1n) is 6.12. The topological polar surface area (TPSA) is 17.8 Å². The van der Waals surface area contributed by atoms with Crippen LogP contribution in [0, 0.1) is 5.82 Å². The van der Waals surface area contributed by atoms with E-state index in [9.17, 15) is 8.78 Å². The second-order valence-electron chi connectivity index (χ2n) is 4.79. The number of alkyl halides is 1. The van der Waals surface area contributed by atoms with Crippen LogP contribution in [0.4, 0.5) is 8.78 Å². The minimum atomic E-state index is -0.885. The summed E-state index contributed by atoms with van der Waals surface area (Å²) in [7, 11) is 0. The van der Waals surface area contributed by atoms with Gasteiger partial charge < -0.3 is 0 Å². The average molecular weight is 248 g/mol. The molecule has 0 saturated heterocycles. The minimum absolute atomic E-state index is 0.102. The molecule has 1 aromatic heterocycles. The third-order valence-corrected chi connectivity index (χ3v) is 3.66. The predicted molar refractivity (Wildman–Crippen MR) is 64.5 cm³/mol. The van der Waals surface area contributed by atoms with Gasteiger partial charge in [-0.05, 0) is 30.2 Å². The highest BCUT2D eigenvalue weighted by atomic mass is 19.1. The van der Waals surface area contributed by atoms with Gasteiger partial charge in [0.1, 0.15) is 12.0 Å². The molecule has 1 aliphatic rings. The lowest BCUT2D eigenvalue weighted by Gasteiger charge is -2.13. The van der Waals surface area contributed by atoms with E-state index in [4.69, 9.17) is 0 Å². The molecule has 3 atom stereocenters. The van der Waals surface area contributed by atoms with Crippen molar-refractivity contribution in [3.63, 3.8) is 0 Å². The van der Waals surface area contributed by atoms with E-state index in [2.05, 4.69) is 5.10 Å². The first-order valence-corrected chi connectivity index (χ1v) is 6.12. The van der Waals surface area contributed by atoms with Crippen LogP contribution >= 0.6 is 0 Å². The SMILES string of the molecule is Fc1ccc(C2CC(n3cccn3)CC2F)cc1. The van der Waals surface area contributed by atoms with E-state index in [-0.39, 0.29) is 17.8 Å². The van der Waals surface area contributed by atoms with Gasteiger partial charge in [-0.15, -0.1) is 0 Å². The normalized spacial score (nSPS) is 27.6. The molecule has 1 saturated carbocycles. The summed E-state index contributed by atoms with van der Waals surface area (Å²) in [6.45, 7) is 0. The Morgan fingerprint density at radius 3 is 2.61 bits per heavy atom. The van der Waals surface area contributed by atoms with Gasteiger partial charge >= 0.3 is 0 Å². The van der Waals surface area contributed by atoms with Crippen molar-refractivity contribution in [2.45, 2.75) is 31.0 Å².